The smallest absolute Gasteiger partial charge is 0.124 e. The summed E-state index contributed by atoms with van der Waals surface area (Å²) in [5.41, 5.74) is 2.59. The fourth-order valence-electron chi connectivity index (χ4n) is 1.27. The van der Waals surface area contributed by atoms with E-state index in [9.17, 15) is 0 Å². The summed E-state index contributed by atoms with van der Waals surface area (Å²) in [7, 11) is 0. The van der Waals surface area contributed by atoms with Crippen LogP contribution in [0.5, 0.6) is 0 Å². The molecule has 0 bridgehead atoms. The third kappa shape index (κ3) is 0.785. The molecule has 0 aliphatic heterocycles. The minimum Gasteiger partial charge on any atom is -0.305 e. The minimum atomic E-state index is 0.649. The molecular weight excluding hydrogens is 150 g/mol. The molecule has 0 radical (unpaired) electrons. The topological polar surface area (TPSA) is 41.1 Å². The summed E-state index contributed by atoms with van der Waals surface area (Å²) in [5, 5.41) is 8.72. The molecule has 0 aromatic carbocycles. The third-order valence-electron chi connectivity index (χ3n) is 1.89. The van der Waals surface area contributed by atoms with E-state index >= 15 is 0 Å². The normalized spacial score (nSPS) is 10.0. The molecule has 2 heterocycles. The molecule has 0 aliphatic carbocycles. The van der Waals surface area contributed by atoms with E-state index in [1.807, 2.05) is 17.4 Å². The lowest BCUT2D eigenvalue weighted by molar-refractivity contribution is 1.08. The summed E-state index contributed by atoms with van der Waals surface area (Å²) in [6.45, 7) is 1.93. The lowest BCUT2D eigenvalue weighted by Gasteiger charge is -1.96. The van der Waals surface area contributed by atoms with Crippen LogP contribution in [-0.4, -0.2) is 9.38 Å². The Hall–Kier alpha value is -1.82. The van der Waals surface area contributed by atoms with Crippen molar-refractivity contribution in [3.63, 3.8) is 0 Å². The van der Waals surface area contributed by atoms with Gasteiger partial charge in [0.15, 0.2) is 0 Å². The molecule has 0 amide bonds. The lowest BCUT2D eigenvalue weighted by Crippen LogP contribution is -1.91. The monoisotopic (exact) mass is 157 g/mol. The van der Waals surface area contributed by atoms with Crippen LogP contribution < -0.4 is 0 Å². The molecule has 3 nitrogen and oxygen atoms in total. The molecule has 58 valence electrons. The number of fused-ring (bicyclic) bond motifs is 1. The van der Waals surface area contributed by atoms with E-state index in [1.54, 1.807) is 18.5 Å². The molecule has 3 heteroatoms. The van der Waals surface area contributed by atoms with Crippen LogP contribution in [0.2, 0.25) is 0 Å². The minimum absolute atomic E-state index is 0.649. The van der Waals surface area contributed by atoms with Crippen molar-refractivity contribution in [1.82, 2.24) is 9.38 Å². The SMILES string of the molecule is Cc1nccn2c(C#N)ccc12. The van der Waals surface area contributed by atoms with E-state index in [4.69, 9.17) is 5.26 Å². The molecule has 12 heavy (non-hydrogen) atoms. The van der Waals surface area contributed by atoms with Gasteiger partial charge in [0.2, 0.25) is 0 Å². The fourth-order valence-corrected chi connectivity index (χ4v) is 1.27. The van der Waals surface area contributed by atoms with Crippen molar-refractivity contribution in [1.29, 1.82) is 5.26 Å². The molecule has 0 spiro atoms. The quantitative estimate of drug-likeness (QED) is 0.581. The molecule has 0 aliphatic rings. The molecule has 0 fully saturated rings. The van der Waals surface area contributed by atoms with Gasteiger partial charge in [0.1, 0.15) is 11.8 Å². The zero-order valence-corrected chi connectivity index (χ0v) is 6.65. The number of aromatic nitrogens is 2. The molecule has 0 unspecified atom stereocenters. The van der Waals surface area contributed by atoms with Gasteiger partial charge in [0.05, 0.1) is 11.2 Å². The summed E-state index contributed by atoms with van der Waals surface area (Å²) in [6, 6.07) is 5.81. The van der Waals surface area contributed by atoms with Gasteiger partial charge in [-0.15, -0.1) is 0 Å². The summed E-state index contributed by atoms with van der Waals surface area (Å²) >= 11 is 0. The average molecular weight is 157 g/mol. The van der Waals surface area contributed by atoms with Crippen molar-refractivity contribution in [2.45, 2.75) is 6.92 Å². The number of hydrogen-bond acceptors (Lipinski definition) is 2. The second kappa shape index (κ2) is 2.35. The van der Waals surface area contributed by atoms with Gasteiger partial charge >= 0.3 is 0 Å². The Bertz CT molecular complexity index is 462. The first-order valence-electron chi connectivity index (χ1n) is 3.65. The number of rotatable bonds is 0. The highest BCUT2D eigenvalue weighted by molar-refractivity contribution is 5.55. The molecular formula is C9H7N3. The van der Waals surface area contributed by atoms with Crippen LogP contribution >= 0.6 is 0 Å². The Morgan fingerprint density at radius 3 is 3.08 bits per heavy atom. The number of aryl methyl sites for hydroxylation is 1. The lowest BCUT2D eigenvalue weighted by atomic mass is 10.4. The van der Waals surface area contributed by atoms with Gasteiger partial charge in [-0.25, -0.2) is 0 Å². The van der Waals surface area contributed by atoms with Gasteiger partial charge in [-0.3, -0.25) is 4.98 Å². The van der Waals surface area contributed by atoms with Crippen LogP contribution in [-0.2, 0) is 0 Å². The molecule has 0 atom stereocenters. The zero-order chi connectivity index (χ0) is 8.55. The molecule has 2 aromatic heterocycles. The van der Waals surface area contributed by atoms with E-state index in [1.165, 1.54) is 0 Å². The maximum absolute atomic E-state index is 8.72. The highest BCUT2D eigenvalue weighted by Crippen LogP contribution is 2.10. The highest BCUT2D eigenvalue weighted by atomic mass is 14.9. The van der Waals surface area contributed by atoms with Crippen molar-refractivity contribution in [3.05, 3.63) is 35.9 Å². The van der Waals surface area contributed by atoms with Crippen molar-refractivity contribution in [2.75, 3.05) is 0 Å². The highest BCUT2D eigenvalue weighted by Gasteiger charge is 2.01. The Balaban J connectivity index is 2.91. The molecule has 2 rings (SSSR count). The van der Waals surface area contributed by atoms with Crippen LogP contribution in [0, 0.1) is 18.3 Å². The maximum Gasteiger partial charge on any atom is 0.124 e. The second-order valence-corrected chi connectivity index (χ2v) is 2.60. The van der Waals surface area contributed by atoms with Crippen molar-refractivity contribution >= 4 is 5.52 Å². The number of nitrogens with zero attached hydrogens (tertiary/aromatic N) is 3. The zero-order valence-electron chi connectivity index (χ0n) is 6.65. The average Bonchev–Trinajstić information content (AvgIpc) is 2.49. The summed E-state index contributed by atoms with van der Waals surface area (Å²) in [6.07, 6.45) is 3.49. The fraction of sp³-hybridized carbons (Fsp3) is 0.111. The van der Waals surface area contributed by atoms with Crippen molar-refractivity contribution in [3.8, 4) is 6.07 Å². The first kappa shape index (κ1) is 6.86. The Morgan fingerprint density at radius 1 is 1.50 bits per heavy atom. The van der Waals surface area contributed by atoms with Crippen molar-refractivity contribution < 1.29 is 0 Å². The van der Waals surface area contributed by atoms with Crippen LogP contribution in [0.3, 0.4) is 0 Å². The standard InChI is InChI=1S/C9H7N3/c1-7-9-3-2-8(6-10)12(9)5-4-11-7/h2-5H,1H3. The first-order chi connectivity index (χ1) is 5.83. The molecule has 0 saturated carbocycles. The predicted octanol–water partition coefficient (Wildman–Crippen LogP) is 1.51. The number of nitriles is 1. The van der Waals surface area contributed by atoms with E-state index < -0.39 is 0 Å². The van der Waals surface area contributed by atoms with Crippen LogP contribution in [0.15, 0.2) is 24.5 Å². The van der Waals surface area contributed by atoms with Gasteiger partial charge in [-0.2, -0.15) is 5.26 Å². The van der Waals surface area contributed by atoms with Crippen molar-refractivity contribution in [2.24, 2.45) is 0 Å². The van der Waals surface area contributed by atoms with Crippen LogP contribution in [0.1, 0.15) is 11.4 Å². The van der Waals surface area contributed by atoms with Gasteiger partial charge in [-0.05, 0) is 19.1 Å². The van der Waals surface area contributed by atoms with E-state index in [-0.39, 0.29) is 0 Å². The second-order valence-electron chi connectivity index (χ2n) is 2.60. The van der Waals surface area contributed by atoms with Gasteiger partial charge in [0, 0.05) is 12.4 Å². The maximum atomic E-state index is 8.72. The van der Waals surface area contributed by atoms with Gasteiger partial charge in [0.25, 0.3) is 0 Å². The number of hydrogen-bond donors (Lipinski definition) is 0. The molecule has 0 saturated heterocycles. The van der Waals surface area contributed by atoms with Crippen LogP contribution in [0.4, 0.5) is 0 Å². The first-order valence-corrected chi connectivity index (χ1v) is 3.65. The summed E-state index contributed by atoms with van der Waals surface area (Å²) in [5.74, 6) is 0. The van der Waals surface area contributed by atoms with Crippen LogP contribution in [0.25, 0.3) is 5.52 Å². The Labute approximate surface area is 69.9 Å². The van der Waals surface area contributed by atoms with E-state index in [2.05, 4.69) is 11.1 Å². The Kier molecular flexibility index (Phi) is 1.34. The molecule has 2 aromatic rings. The third-order valence-corrected chi connectivity index (χ3v) is 1.89. The van der Waals surface area contributed by atoms with E-state index in [0.717, 1.165) is 11.2 Å². The Morgan fingerprint density at radius 2 is 2.33 bits per heavy atom. The molecule has 0 N–H and O–H groups in total. The van der Waals surface area contributed by atoms with Gasteiger partial charge < -0.3 is 4.40 Å². The van der Waals surface area contributed by atoms with E-state index in [0.29, 0.717) is 5.69 Å². The summed E-state index contributed by atoms with van der Waals surface area (Å²) in [4.78, 5) is 4.12. The predicted molar refractivity (Wildman–Crippen MR) is 44.6 cm³/mol. The largest absolute Gasteiger partial charge is 0.305 e. The summed E-state index contributed by atoms with van der Waals surface area (Å²) < 4.78 is 1.84. The van der Waals surface area contributed by atoms with Gasteiger partial charge in [-0.1, -0.05) is 0 Å².